The molecule has 0 aromatic rings. The zero-order chi connectivity index (χ0) is 32.2. The molecule has 0 radical (unpaired) electrons. The zero-order valence-corrected chi connectivity index (χ0v) is 27.2. The van der Waals surface area contributed by atoms with Crippen LogP contribution in [0.1, 0.15) is 79.6 Å². The lowest BCUT2D eigenvalue weighted by atomic mass is 9.51. The molecule has 252 valence electrons. The first kappa shape index (κ1) is 32.2. The van der Waals surface area contributed by atoms with Gasteiger partial charge in [0.2, 0.25) is 0 Å². The Bertz CT molecular complexity index is 1250. The van der Waals surface area contributed by atoms with Gasteiger partial charge in [-0.1, -0.05) is 39.8 Å². The molecule has 3 aliphatic heterocycles. The second-order valence-electron chi connectivity index (χ2n) is 15.9. The molecule has 0 aromatic carbocycles. The van der Waals surface area contributed by atoms with Crippen molar-refractivity contribution in [1.29, 1.82) is 0 Å². The largest absolute Gasteiger partial charge is 0.456 e. The van der Waals surface area contributed by atoms with Crippen molar-refractivity contribution in [2.45, 2.75) is 140 Å². The minimum absolute atomic E-state index is 0.0279. The lowest BCUT2D eigenvalue weighted by Gasteiger charge is -2.54. The summed E-state index contributed by atoms with van der Waals surface area (Å²) in [6.07, 6.45) is 2.78. The molecule has 0 aromatic heterocycles. The number of allylic oxidation sites excluding steroid dienone is 4. The van der Waals surface area contributed by atoms with Crippen LogP contribution in [0.2, 0.25) is 0 Å². The number of carbonyl (C=O) groups excluding carboxylic acids is 1. The third kappa shape index (κ3) is 4.60. The summed E-state index contributed by atoms with van der Waals surface area (Å²) in [5.74, 6) is -0.0195. The summed E-state index contributed by atoms with van der Waals surface area (Å²) < 4.78 is 23.8. The number of aliphatic hydroxyl groups is 5. The van der Waals surface area contributed by atoms with Crippen molar-refractivity contribution < 1.29 is 49.3 Å². The Hall–Kier alpha value is -1.37. The van der Waals surface area contributed by atoms with E-state index in [-0.39, 0.29) is 40.8 Å². The van der Waals surface area contributed by atoms with Crippen molar-refractivity contribution >= 4 is 5.97 Å². The second-order valence-corrected chi connectivity index (χ2v) is 15.9. The van der Waals surface area contributed by atoms with Crippen LogP contribution in [0.25, 0.3) is 0 Å². The van der Waals surface area contributed by atoms with Crippen LogP contribution in [0.3, 0.4) is 0 Å². The molecule has 45 heavy (non-hydrogen) atoms. The quantitative estimate of drug-likeness (QED) is 0.218. The highest BCUT2D eigenvalue weighted by Gasteiger charge is 2.70. The fourth-order valence-corrected chi connectivity index (χ4v) is 10.8. The number of hydrogen-bond acceptors (Lipinski definition) is 10. The van der Waals surface area contributed by atoms with E-state index < -0.39 is 61.0 Å². The van der Waals surface area contributed by atoms with E-state index in [4.69, 9.17) is 18.9 Å². The van der Waals surface area contributed by atoms with E-state index in [2.05, 4.69) is 39.8 Å². The monoisotopic (exact) mass is 632 g/mol. The Morgan fingerprint density at radius 1 is 1.02 bits per heavy atom. The highest BCUT2D eigenvalue weighted by molar-refractivity contribution is 5.77. The van der Waals surface area contributed by atoms with Gasteiger partial charge in [0.1, 0.15) is 36.1 Å². The predicted octanol–water partition coefficient (Wildman–Crippen LogP) is 2.39. The Balaban J connectivity index is 1.06. The van der Waals surface area contributed by atoms with Gasteiger partial charge in [-0.2, -0.15) is 0 Å². The summed E-state index contributed by atoms with van der Waals surface area (Å²) in [5, 5.41) is 52.1. The Morgan fingerprint density at radius 3 is 2.42 bits per heavy atom. The Labute approximate surface area is 265 Å². The maximum absolute atomic E-state index is 13.4. The van der Waals surface area contributed by atoms with Crippen molar-refractivity contribution in [3.63, 3.8) is 0 Å². The number of rotatable bonds is 6. The highest BCUT2D eigenvalue weighted by atomic mass is 16.7. The average Bonchev–Trinajstić information content (AvgIpc) is 3.44. The number of cyclic esters (lactones) is 1. The van der Waals surface area contributed by atoms with Gasteiger partial charge in [0.25, 0.3) is 0 Å². The Morgan fingerprint density at radius 2 is 1.76 bits per heavy atom. The number of fused-ring (bicyclic) bond motifs is 5. The molecule has 3 saturated heterocycles. The fourth-order valence-electron chi connectivity index (χ4n) is 10.8. The minimum Gasteiger partial charge on any atom is -0.456 e. The molecule has 0 amide bonds. The van der Waals surface area contributed by atoms with Crippen LogP contribution in [0, 0.1) is 40.4 Å². The molecular formula is C35H52O10. The van der Waals surface area contributed by atoms with Crippen molar-refractivity contribution in [3.05, 3.63) is 23.3 Å². The number of epoxide rings is 1. The minimum atomic E-state index is -1.45. The van der Waals surface area contributed by atoms with E-state index in [1.165, 1.54) is 11.1 Å². The number of ether oxygens (including phenoxy) is 4. The van der Waals surface area contributed by atoms with Crippen molar-refractivity contribution in [1.82, 2.24) is 0 Å². The molecule has 4 aliphatic carbocycles. The van der Waals surface area contributed by atoms with E-state index in [9.17, 15) is 30.3 Å². The molecule has 16 atom stereocenters. The van der Waals surface area contributed by atoms with Gasteiger partial charge in [-0.05, 0) is 97.5 Å². The van der Waals surface area contributed by atoms with Crippen LogP contribution < -0.4 is 0 Å². The summed E-state index contributed by atoms with van der Waals surface area (Å²) in [6.45, 7) is 10.3. The van der Waals surface area contributed by atoms with Gasteiger partial charge in [-0.15, -0.1) is 0 Å². The maximum Gasteiger partial charge on any atom is 0.312 e. The average molecular weight is 633 g/mol. The standard InChI is InChI=1S/C35H52O10/c1-16(2)35(17(3)45-35)30-27(38)25(31(41)44-30)23-9-8-21-20-7-6-18-14-19(10-12-33(18,4)22(20)11-13-34(21,23)5)42-32-29(40)28(39)26(37)24(15-36)43-32/h7,11,16-19,21,23-30,32,36-40H,6,8-10,12-15H2,1-5H3/t17-,18-,19-,21-,23+,24+,25+,26+,27+,28-,29+,30?,32+,33-,34-,35+/m0/s1. The molecule has 2 saturated carbocycles. The van der Waals surface area contributed by atoms with Crippen LogP contribution in [0.4, 0.5) is 0 Å². The molecule has 7 rings (SSSR count). The lowest BCUT2D eigenvalue weighted by molar-refractivity contribution is -0.314. The third-order valence-electron chi connectivity index (χ3n) is 13.6. The predicted molar refractivity (Wildman–Crippen MR) is 161 cm³/mol. The molecule has 7 aliphatic rings. The maximum atomic E-state index is 13.4. The van der Waals surface area contributed by atoms with Gasteiger partial charge in [0.15, 0.2) is 12.4 Å². The number of carbonyl (C=O) groups is 1. The molecule has 3 heterocycles. The van der Waals surface area contributed by atoms with E-state index in [0.717, 1.165) is 44.9 Å². The zero-order valence-electron chi connectivity index (χ0n) is 27.2. The van der Waals surface area contributed by atoms with Crippen LogP contribution >= 0.6 is 0 Å². The van der Waals surface area contributed by atoms with Crippen LogP contribution in [0.15, 0.2) is 23.3 Å². The lowest BCUT2D eigenvalue weighted by Crippen LogP contribution is -2.60. The fraction of sp³-hybridized carbons (Fsp3) is 0.857. The van der Waals surface area contributed by atoms with Gasteiger partial charge < -0.3 is 44.5 Å². The third-order valence-corrected chi connectivity index (χ3v) is 13.6. The van der Waals surface area contributed by atoms with E-state index in [1.54, 1.807) is 0 Å². The first-order valence-electron chi connectivity index (χ1n) is 17.2. The molecule has 10 nitrogen and oxygen atoms in total. The van der Waals surface area contributed by atoms with Gasteiger partial charge in [0, 0.05) is 0 Å². The smallest absolute Gasteiger partial charge is 0.312 e. The van der Waals surface area contributed by atoms with E-state index in [0.29, 0.717) is 11.8 Å². The summed E-state index contributed by atoms with van der Waals surface area (Å²) in [5.41, 5.74) is 2.04. The van der Waals surface area contributed by atoms with Gasteiger partial charge in [-0.25, -0.2) is 0 Å². The summed E-state index contributed by atoms with van der Waals surface area (Å²) in [7, 11) is 0. The van der Waals surface area contributed by atoms with Crippen LogP contribution in [-0.2, 0) is 23.7 Å². The number of esters is 1. The topological polar surface area (TPSA) is 158 Å². The van der Waals surface area contributed by atoms with Gasteiger partial charge in [0.05, 0.1) is 24.7 Å². The normalized spacial score (nSPS) is 54.1. The SMILES string of the molecule is CC(C)[C@@]1(C2OC(=O)[C@H]([C@H]3CC[C@H]4C5=CC[C@H]6C[C@@H](O[C@@H]7O[C@H](CO)[C@@H](O)[C@H](O)[C@H]7O)CC[C@]6(C)C5=CC[C@]34C)[C@H]2O)O[C@H]1C. The van der Waals surface area contributed by atoms with Crippen LogP contribution in [-0.4, -0.2) is 98.8 Å². The first-order chi connectivity index (χ1) is 21.3. The van der Waals surface area contributed by atoms with Crippen LogP contribution in [0.5, 0.6) is 0 Å². The highest BCUT2D eigenvalue weighted by Crippen LogP contribution is 2.66. The summed E-state index contributed by atoms with van der Waals surface area (Å²) in [6, 6.07) is 0. The molecule has 0 bridgehead atoms. The summed E-state index contributed by atoms with van der Waals surface area (Å²) in [4.78, 5) is 13.4. The molecule has 10 heteroatoms. The second kappa shape index (κ2) is 11.1. The first-order valence-corrected chi connectivity index (χ1v) is 17.2. The molecule has 5 fully saturated rings. The van der Waals surface area contributed by atoms with Gasteiger partial charge >= 0.3 is 5.97 Å². The van der Waals surface area contributed by atoms with Crippen molar-refractivity contribution in [2.75, 3.05) is 6.61 Å². The van der Waals surface area contributed by atoms with Gasteiger partial charge in [-0.3, -0.25) is 4.79 Å². The van der Waals surface area contributed by atoms with E-state index in [1.807, 2.05) is 6.92 Å². The molecule has 1 unspecified atom stereocenters. The van der Waals surface area contributed by atoms with Crippen molar-refractivity contribution in [3.8, 4) is 0 Å². The Kier molecular flexibility index (Phi) is 7.93. The van der Waals surface area contributed by atoms with E-state index >= 15 is 0 Å². The molecule has 5 N–H and O–H groups in total. The summed E-state index contributed by atoms with van der Waals surface area (Å²) >= 11 is 0. The number of hydrogen-bond donors (Lipinski definition) is 5. The van der Waals surface area contributed by atoms with Crippen molar-refractivity contribution in [2.24, 2.45) is 40.4 Å². The number of aliphatic hydroxyl groups excluding tert-OH is 5. The molecule has 0 spiro atoms. The molecular weight excluding hydrogens is 580 g/mol.